The van der Waals surface area contributed by atoms with Crippen LogP contribution in [0, 0.1) is 57.7 Å². The minimum absolute atomic E-state index is 0.00197. The second-order valence-corrected chi connectivity index (χ2v) is 19.0. The molecule has 0 saturated heterocycles. The summed E-state index contributed by atoms with van der Waals surface area (Å²) in [6.07, 6.45) is 1.92. The molecule has 0 heterocycles. The van der Waals surface area contributed by atoms with E-state index in [-0.39, 0.29) is 41.4 Å². The van der Waals surface area contributed by atoms with Crippen molar-refractivity contribution in [2.75, 3.05) is 0 Å². The van der Waals surface area contributed by atoms with Crippen LogP contribution in [-0.4, -0.2) is 57.2 Å². The van der Waals surface area contributed by atoms with Crippen LogP contribution in [0.2, 0.25) is 0 Å². The molecule has 0 radical (unpaired) electrons. The van der Waals surface area contributed by atoms with Crippen LogP contribution in [0.4, 0.5) is 0 Å². The van der Waals surface area contributed by atoms with Gasteiger partial charge in [0.1, 0.15) is 12.2 Å². The molecule has 15 heteroatoms. The Bertz CT molecular complexity index is 1370. The third-order valence-electron chi connectivity index (χ3n) is 12.7. The number of fused-ring (bicyclic) bond motifs is 5. The van der Waals surface area contributed by atoms with Crippen LogP contribution < -0.4 is 0 Å². The molecule has 0 aromatic rings. The molecule has 0 aliphatic heterocycles. The van der Waals surface area contributed by atoms with Crippen LogP contribution in [-0.2, 0) is 43.7 Å². The Morgan fingerprint density at radius 1 is 0.705 bits per heavy atom. The van der Waals surface area contributed by atoms with E-state index in [1.807, 2.05) is 6.92 Å². The third kappa shape index (κ3) is 7.83. The van der Waals surface area contributed by atoms with E-state index in [1.165, 1.54) is 0 Å². The maximum absolute atomic E-state index is 12.1. The maximum atomic E-state index is 12.1. The molecule has 4 rings (SSSR count). The first-order chi connectivity index (χ1) is 19.8. The average molecular weight is 689 g/mol. The molecular weight excluding hydrogens is 637 g/mol. The summed E-state index contributed by atoms with van der Waals surface area (Å²) in [6, 6.07) is 0. The van der Waals surface area contributed by atoms with Gasteiger partial charge in [-0.15, -0.1) is 0 Å². The summed E-state index contributed by atoms with van der Waals surface area (Å²) < 4.78 is 115. The van der Waals surface area contributed by atoms with E-state index >= 15 is 0 Å². The van der Waals surface area contributed by atoms with E-state index in [2.05, 4.69) is 41.5 Å². The summed E-state index contributed by atoms with van der Waals surface area (Å²) in [7, 11) is -15.0. The van der Waals surface area contributed by atoms with Gasteiger partial charge in [0.2, 0.25) is 0 Å². The van der Waals surface area contributed by atoms with Gasteiger partial charge in [-0.3, -0.25) is 13.7 Å². The van der Waals surface area contributed by atoms with E-state index in [0.29, 0.717) is 24.2 Å². The summed E-state index contributed by atoms with van der Waals surface area (Å²) >= 11 is 0. The lowest BCUT2D eigenvalue weighted by atomic mass is 9.43. The monoisotopic (exact) mass is 688 g/mol. The Balaban J connectivity index is 1.66. The maximum Gasteiger partial charge on any atom is 0.397 e. The number of rotatable bonds is 10. The highest BCUT2D eigenvalue weighted by Crippen LogP contribution is 2.69. The highest BCUT2D eigenvalue weighted by atomic mass is 32.3. The number of hydrogen-bond donors (Lipinski definition) is 3. The predicted octanol–water partition coefficient (Wildman–Crippen LogP) is 5.53. The van der Waals surface area contributed by atoms with Gasteiger partial charge < -0.3 is 0 Å². The van der Waals surface area contributed by atoms with Crippen LogP contribution in [0.1, 0.15) is 106 Å². The lowest BCUT2D eigenvalue weighted by molar-refractivity contribution is -0.184. The molecule has 12 nitrogen and oxygen atoms in total. The summed E-state index contributed by atoms with van der Waals surface area (Å²) in [5.41, 5.74) is -0.578. The molecule has 0 aromatic carbocycles. The molecular formula is C29H52O12S3. The summed E-state index contributed by atoms with van der Waals surface area (Å²) in [4.78, 5) is 0. The second kappa shape index (κ2) is 12.2. The quantitative estimate of drug-likeness (QED) is 0.244. The molecule has 4 fully saturated rings. The molecule has 4 aliphatic carbocycles. The lowest BCUT2D eigenvalue weighted by Gasteiger charge is -2.63. The Labute approximate surface area is 264 Å². The second-order valence-electron chi connectivity index (χ2n) is 15.9. The normalized spacial score (nSPS) is 41.3. The largest absolute Gasteiger partial charge is 0.397 e. The van der Waals surface area contributed by atoms with E-state index in [1.54, 1.807) is 0 Å². The molecule has 0 spiro atoms. The topological polar surface area (TPSA) is 191 Å². The van der Waals surface area contributed by atoms with Gasteiger partial charge in [0.15, 0.2) is 0 Å². The molecule has 12 atom stereocenters. The minimum atomic E-state index is -5.06. The van der Waals surface area contributed by atoms with Crippen LogP contribution in [0.15, 0.2) is 0 Å². The molecule has 44 heavy (non-hydrogen) atoms. The van der Waals surface area contributed by atoms with Crippen molar-refractivity contribution in [3.63, 3.8) is 0 Å². The first-order valence-corrected chi connectivity index (χ1v) is 19.9. The van der Waals surface area contributed by atoms with Gasteiger partial charge in [0, 0.05) is 0 Å². The predicted molar refractivity (Wildman–Crippen MR) is 162 cm³/mol. The van der Waals surface area contributed by atoms with Gasteiger partial charge in [-0.25, -0.2) is 12.5 Å². The number of hydrogen-bond acceptors (Lipinski definition) is 9. The third-order valence-corrected chi connectivity index (χ3v) is 14.1. The molecule has 0 amide bonds. The Morgan fingerprint density at radius 2 is 1.23 bits per heavy atom. The highest BCUT2D eigenvalue weighted by Gasteiger charge is 2.65. The Hall–Kier alpha value is -0.390. The van der Waals surface area contributed by atoms with E-state index in [0.717, 1.165) is 38.5 Å². The van der Waals surface area contributed by atoms with Gasteiger partial charge in [0.25, 0.3) is 0 Å². The van der Waals surface area contributed by atoms with Crippen molar-refractivity contribution in [3.8, 4) is 0 Å². The lowest BCUT2D eigenvalue weighted by Crippen LogP contribution is -2.62. The highest BCUT2D eigenvalue weighted by molar-refractivity contribution is 7.81. The van der Waals surface area contributed by atoms with Crippen molar-refractivity contribution in [2.24, 2.45) is 57.7 Å². The van der Waals surface area contributed by atoms with Gasteiger partial charge in [-0.2, -0.15) is 25.3 Å². The van der Waals surface area contributed by atoms with Crippen molar-refractivity contribution < 1.29 is 51.5 Å². The summed E-state index contributed by atoms with van der Waals surface area (Å²) in [5.74, 6) is 1.12. The minimum Gasteiger partial charge on any atom is -0.264 e. The van der Waals surface area contributed by atoms with Crippen molar-refractivity contribution in [3.05, 3.63) is 0 Å². The van der Waals surface area contributed by atoms with Crippen LogP contribution in [0.3, 0.4) is 0 Å². The molecule has 4 aliphatic rings. The van der Waals surface area contributed by atoms with Crippen molar-refractivity contribution in [1.29, 1.82) is 0 Å². The molecule has 4 saturated carbocycles. The Morgan fingerprint density at radius 3 is 1.77 bits per heavy atom. The molecule has 4 unspecified atom stereocenters. The fourth-order valence-electron chi connectivity index (χ4n) is 10.2. The van der Waals surface area contributed by atoms with E-state index in [4.69, 9.17) is 12.5 Å². The van der Waals surface area contributed by atoms with Gasteiger partial charge in [0.05, 0.1) is 6.10 Å². The fourth-order valence-corrected chi connectivity index (χ4v) is 11.7. The van der Waals surface area contributed by atoms with Crippen LogP contribution in [0.5, 0.6) is 0 Å². The zero-order valence-electron chi connectivity index (χ0n) is 26.9. The van der Waals surface area contributed by atoms with Gasteiger partial charge >= 0.3 is 31.2 Å². The SMILES string of the molecule is C[C@H](CC[C@H](C)C(C)(C)C)[C@H]1CC[C@H]2[C@@H]3CC(OS(=O)(=O)O)C4CC(OS(=O)(=O)O)C(OS(=O)(=O)O)C[C@]4(C)[C@H]3CC[C@]12C. The van der Waals surface area contributed by atoms with Crippen molar-refractivity contribution in [2.45, 2.75) is 125 Å². The van der Waals surface area contributed by atoms with E-state index < -0.39 is 60.8 Å². The first kappa shape index (κ1) is 36.4. The zero-order chi connectivity index (χ0) is 33.3. The Kier molecular flexibility index (Phi) is 10.1. The fraction of sp³-hybridized carbons (Fsp3) is 1.00. The van der Waals surface area contributed by atoms with Gasteiger partial charge in [-0.1, -0.05) is 54.9 Å². The molecule has 0 bridgehead atoms. The zero-order valence-corrected chi connectivity index (χ0v) is 29.3. The molecule has 3 N–H and O–H groups in total. The summed E-state index contributed by atoms with van der Waals surface area (Å²) in [6.45, 7) is 15.7. The van der Waals surface area contributed by atoms with Gasteiger partial charge in [-0.05, 0) is 109 Å². The molecule has 258 valence electrons. The summed E-state index contributed by atoms with van der Waals surface area (Å²) in [5, 5.41) is 0. The smallest absolute Gasteiger partial charge is 0.264 e. The van der Waals surface area contributed by atoms with Crippen molar-refractivity contribution in [1.82, 2.24) is 0 Å². The van der Waals surface area contributed by atoms with Crippen LogP contribution >= 0.6 is 0 Å². The first-order valence-electron chi connectivity index (χ1n) is 15.8. The molecule has 0 aromatic heterocycles. The van der Waals surface area contributed by atoms with Crippen LogP contribution in [0.25, 0.3) is 0 Å². The standard InChI is InChI=1S/C29H52O12S3/c1-17(8-9-18(2)27(3,4)5)20-10-11-21-19-14-24(39-42(30,31)32)23-15-25(40-43(33,34)35)26(41-44(36,37)38)16-29(23,7)22(19)12-13-28(20,21)6/h17-26H,8-16H2,1-7H3,(H,30,31,32)(H,33,34,35)(H,36,37,38)/t17-,18+,19+,20-,21+,22+,23?,24?,25?,26?,28-,29-/m1/s1. The van der Waals surface area contributed by atoms with E-state index in [9.17, 15) is 38.9 Å². The average Bonchev–Trinajstić information content (AvgIpc) is 3.17. The van der Waals surface area contributed by atoms with Crippen molar-refractivity contribution >= 4 is 31.2 Å².